The molecule has 0 aliphatic rings. The quantitative estimate of drug-likeness (QED) is 0.628. The number of sulfonamides is 1. The third kappa shape index (κ3) is 4.51. The van der Waals surface area contributed by atoms with Crippen molar-refractivity contribution in [2.75, 3.05) is 25.1 Å². The van der Waals surface area contributed by atoms with Crippen molar-refractivity contribution >= 4 is 27.6 Å². The summed E-state index contributed by atoms with van der Waals surface area (Å²) < 4.78 is 37.4. The molecule has 0 radical (unpaired) electrons. The van der Waals surface area contributed by atoms with E-state index in [0.717, 1.165) is 16.3 Å². The second-order valence-electron chi connectivity index (χ2n) is 5.95. The van der Waals surface area contributed by atoms with Gasteiger partial charge in [0.25, 0.3) is 10.0 Å². The molecule has 150 valence electrons. The molecule has 0 amide bonds. The molecule has 7 nitrogen and oxygen atoms in total. The first-order valence-electron chi connectivity index (χ1n) is 8.71. The van der Waals surface area contributed by atoms with Crippen LogP contribution in [0.1, 0.15) is 29.3 Å². The number of carbonyl (C=O) groups excluding carboxylic acids is 2. The van der Waals surface area contributed by atoms with E-state index in [4.69, 9.17) is 9.47 Å². The molecule has 0 spiro atoms. The molecule has 0 unspecified atom stereocenters. The summed E-state index contributed by atoms with van der Waals surface area (Å²) in [5.41, 5.74) is 1.04. The average Bonchev–Trinajstić information content (AvgIpc) is 2.72. The summed E-state index contributed by atoms with van der Waals surface area (Å²) in [6.45, 7) is 1.46. The molecule has 8 heteroatoms. The van der Waals surface area contributed by atoms with Gasteiger partial charge in [0.2, 0.25) is 0 Å². The number of nitrogens with zero attached hydrogens (tertiary/aromatic N) is 1. The maximum Gasteiger partial charge on any atom is 0.339 e. The van der Waals surface area contributed by atoms with Crippen molar-refractivity contribution in [3.63, 3.8) is 0 Å². The highest BCUT2D eigenvalue weighted by molar-refractivity contribution is 7.93. The van der Waals surface area contributed by atoms with E-state index in [2.05, 4.69) is 0 Å². The van der Waals surface area contributed by atoms with Crippen LogP contribution in [0.25, 0.3) is 0 Å². The third-order valence-corrected chi connectivity index (χ3v) is 5.96. The Morgan fingerprint density at radius 1 is 0.964 bits per heavy atom. The minimum Gasteiger partial charge on any atom is -0.468 e. The van der Waals surface area contributed by atoms with Crippen molar-refractivity contribution in [1.29, 1.82) is 0 Å². The highest BCUT2D eigenvalue weighted by atomic mass is 32.2. The van der Waals surface area contributed by atoms with Crippen molar-refractivity contribution < 1.29 is 27.5 Å². The molecule has 0 atom stereocenters. The summed E-state index contributed by atoms with van der Waals surface area (Å²) >= 11 is 0. The Hall–Kier alpha value is -2.87. The van der Waals surface area contributed by atoms with Gasteiger partial charge < -0.3 is 9.47 Å². The Balaban J connectivity index is 2.68. The van der Waals surface area contributed by atoms with Crippen LogP contribution in [0.15, 0.2) is 53.4 Å². The number of rotatable bonds is 8. The lowest BCUT2D eigenvalue weighted by atomic mass is 10.1. The largest absolute Gasteiger partial charge is 0.468 e. The fraction of sp³-hybridized carbons (Fsp3) is 0.300. The van der Waals surface area contributed by atoms with Crippen LogP contribution >= 0.6 is 0 Å². The molecule has 0 aliphatic heterocycles. The van der Waals surface area contributed by atoms with E-state index >= 15 is 0 Å². The number of carbonyl (C=O) groups is 2. The monoisotopic (exact) mass is 405 g/mol. The number of para-hydroxylation sites is 1. The van der Waals surface area contributed by atoms with Crippen LogP contribution in [0, 0.1) is 0 Å². The Labute approximate surface area is 164 Å². The maximum atomic E-state index is 13.5. The Morgan fingerprint density at radius 3 is 2.25 bits per heavy atom. The van der Waals surface area contributed by atoms with E-state index in [1.165, 1.54) is 32.4 Å². The average molecular weight is 405 g/mol. The minimum atomic E-state index is -4.25. The molecule has 2 aromatic rings. The van der Waals surface area contributed by atoms with E-state index < -0.39 is 28.5 Å². The number of ether oxygens (including phenoxy) is 2. The molecule has 2 aromatic carbocycles. The first-order valence-corrected chi connectivity index (χ1v) is 10.2. The van der Waals surface area contributed by atoms with Gasteiger partial charge in [0.05, 0.1) is 25.5 Å². The van der Waals surface area contributed by atoms with Crippen molar-refractivity contribution in [2.24, 2.45) is 0 Å². The fourth-order valence-electron chi connectivity index (χ4n) is 2.81. The molecule has 0 aromatic heterocycles. The van der Waals surface area contributed by atoms with Gasteiger partial charge in [-0.05, 0) is 30.2 Å². The topological polar surface area (TPSA) is 90.0 Å². The van der Waals surface area contributed by atoms with Crippen LogP contribution in [-0.4, -0.2) is 41.1 Å². The summed E-state index contributed by atoms with van der Waals surface area (Å²) in [6.07, 6.45) is 1.42. The second-order valence-corrected chi connectivity index (χ2v) is 7.78. The lowest BCUT2D eigenvalue weighted by molar-refractivity contribution is -0.138. The van der Waals surface area contributed by atoms with Gasteiger partial charge in [-0.25, -0.2) is 13.2 Å². The number of methoxy groups -OCH3 is 2. The molecule has 0 bridgehead atoms. The van der Waals surface area contributed by atoms with Crippen molar-refractivity contribution in [2.45, 2.75) is 24.7 Å². The fourth-order valence-corrected chi connectivity index (χ4v) is 4.43. The van der Waals surface area contributed by atoms with E-state index in [1.807, 2.05) is 13.0 Å². The molecule has 28 heavy (non-hydrogen) atoms. The molecule has 0 saturated carbocycles. The summed E-state index contributed by atoms with van der Waals surface area (Å²) in [5.74, 6) is -1.50. The van der Waals surface area contributed by atoms with Crippen molar-refractivity contribution in [3.8, 4) is 0 Å². The minimum absolute atomic E-state index is 0.104. The zero-order chi connectivity index (χ0) is 20.7. The third-order valence-electron chi connectivity index (χ3n) is 4.14. The predicted octanol–water partition coefficient (Wildman–Crippen LogP) is 2.79. The van der Waals surface area contributed by atoms with Crippen molar-refractivity contribution in [3.05, 3.63) is 59.7 Å². The number of aryl methyl sites for hydroxylation is 1. The Bertz CT molecular complexity index is 955. The Kier molecular flexibility index (Phi) is 7.17. The number of anilines is 1. The second kappa shape index (κ2) is 9.36. The maximum absolute atomic E-state index is 13.5. The lowest BCUT2D eigenvalue weighted by Gasteiger charge is -2.26. The van der Waals surface area contributed by atoms with Gasteiger partial charge in [-0.3, -0.25) is 9.10 Å². The van der Waals surface area contributed by atoms with Gasteiger partial charge in [-0.1, -0.05) is 43.7 Å². The summed E-state index contributed by atoms with van der Waals surface area (Å²) in [5, 5.41) is 0. The van der Waals surface area contributed by atoms with Gasteiger partial charge in [-0.2, -0.15) is 0 Å². The van der Waals surface area contributed by atoms with Crippen LogP contribution < -0.4 is 4.31 Å². The standard InChI is InChI=1S/C20H23NO6S/c1-4-9-15-10-5-7-12-17(15)21(14-19(22)26-2)28(24,25)18-13-8-6-11-16(18)20(23)27-3/h5-8,10-13H,4,9,14H2,1-3H3. The highest BCUT2D eigenvalue weighted by Gasteiger charge is 2.32. The molecule has 0 N–H and O–H groups in total. The molecular formula is C20H23NO6S. The molecule has 0 aliphatic carbocycles. The van der Waals surface area contributed by atoms with Crippen molar-refractivity contribution in [1.82, 2.24) is 0 Å². The van der Waals surface area contributed by atoms with Gasteiger partial charge >= 0.3 is 11.9 Å². The van der Waals surface area contributed by atoms with Crippen LogP contribution in [0.5, 0.6) is 0 Å². The highest BCUT2D eigenvalue weighted by Crippen LogP contribution is 2.29. The molecular weight excluding hydrogens is 382 g/mol. The van der Waals surface area contributed by atoms with E-state index in [-0.39, 0.29) is 10.5 Å². The zero-order valence-corrected chi connectivity index (χ0v) is 16.9. The number of hydrogen-bond acceptors (Lipinski definition) is 6. The first-order chi connectivity index (χ1) is 13.4. The van der Waals surface area contributed by atoms with Gasteiger partial charge in [0, 0.05) is 0 Å². The summed E-state index contributed by atoms with van der Waals surface area (Å²) in [4.78, 5) is 23.8. The predicted molar refractivity (Wildman–Crippen MR) is 105 cm³/mol. The molecule has 0 saturated heterocycles. The van der Waals surface area contributed by atoms with Crippen LogP contribution in [0.4, 0.5) is 5.69 Å². The number of hydrogen-bond donors (Lipinski definition) is 0. The Morgan fingerprint density at radius 2 is 1.61 bits per heavy atom. The smallest absolute Gasteiger partial charge is 0.339 e. The zero-order valence-electron chi connectivity index (χ0n) is 16.0. The van der Waals surface area contributed by atoms with E-state index in [0.29, 0.717) is 12.1 Å². The first kappa shape index (κ1) is 21.4. The van der Waals surface area contributed by atoms with Gasteiger partial charge in [-0.15, -0.1) is 0 Å². The van der Waals surface area contributed by atoms with Crippen LogP contribution in [0.2, 0.25) is 0 Å². The normalized spacial score (nSPS) is 11.0. The summed E-state index contributed by atoms with van der Waals surface area (Å²) in [6, 6.07) is 12.7. The lowest BCUT2D eigenvalue weighted by Crippen LogP contribution is -2.37. The molecule has 2 rings (SSSR count). The van der Waals surface area contributed by atoms with E-state index in [1.54, 1.807) is 24.3 Å². The van der Waals surface area contributed by atoms with Gasteiger partial charge in [0.1, 0.15) is 11.4 Å². The van der Waals surface area contributed by atoms with Gasteiger partial charge in [0.15, 0.2) is 0 Å². The SMILES string of the molecule is CCCc1ccccc1N(CC(=O)OC)S(=O)(=O)c1ccccc1C(=O)OC. The summed E-state index contributed by atoms with van der Waals surface area (Å²) in [7, 11) is -1.89. The van der Waals surface area contributed by atoms with E-state index in [9.17, 15) is 18.0 Å². The number of esters is 2. The van der Waals surface area contributed by atoms with Crippen LogP contribution in [-0.2, 0) is 30.7 Å². The van der Waals surface area contributed by atoms with Crippen LogP contribution in [0.3, 0.4) is 0 Å². The molecule has 0 fully saturated rings. The number of benzene rings is 2. The molecule has 0 heterocycles.